The molecule has 7 heteroatoms. The third-order valence-corrected chi connectivity index (χ3v) is 7.59. The number of para-hydroxylation sites is 1. The molecule has 2 aliphatic rings. The van der Waals surface area contributed by atoms with E-state index < -0.39 is 6.04 Å². The van der Waals surface area contributed by atoms with Gasteiger partial charge in [0.25, 0.3) is 0 Å². The fourth-order valence-corrected chi connectivity index (χ4v) is 5.66. The number of methoxy groups -OCH3 is 1. The van der Waals surface area contributed by atoms with Crippen LogP contribution in [-0.2, 0) is 22.6 Å². The number of nitrogens with one attached hydrogen (secondary N) is 1. The van der Waals surface area contributed by atoms with Crippen molar-refractivity contribution < 1.29 is 14.3 Å². The molecule has 0 saturated carbocycles. The fourth-order valence-electron chi connectivity index (χ4n) is 5.40. The summed E-state index contributed by atoms with van der Waals surface area (Å²) in [6.07, 6.45) is 0.496. The molecular weight excluding hydrogens is 506 g/mol. The largest absolute Gasteiger partial charge is 0.497 e. The van der Waals surface area contributed by atoms with Gasteiger partial charge in [-0.15, -0.1) is 0 Å². The van der Waals surface area contributed by atoms with Crippen LogP contribution in [0.3, 0.4) is 0 Å². The number of hydrogen-bond acceptors (Lipinski definition) is 3. The predicted octanol–water partition coefficient (Wildman–Crippen LogP) is 4.82. The number of hydrogen-bond donors (Lipinski definition) is 1. The van der Waals surface area contributed by atoms with E-state index in [0.717, 1.165) is 43.5 Å². The Hall–Kier alpha value is -3.58. The average Bonchev–Trinajstić information content (AvgIpc) is 3.25. The second-order valence-electron chi connectivity index (χ2n) is 9.08. The van der Waals surface area contributed by atoms with Gasteiger partial charge >= 0.3 is 0 Å². The zero-order chi connectivity index (χ0) is 24.1. The normalized spacial score (nSPS) is 19.6. The molecule has 0 spiro atoms. The first kappa shape index (κ1) is 21.9. The van der Waals surface area contributed by atoms with Gasteiger partial charge in [-0.25, -0.2) is 0 Å². The summed E-state index contributed by atoms with van der Waals surface area (Å²) >= 11 is 3.51. The molecular formula is C28H24BrN3O3. The molecule has 35 heavy (non-hydrogen) atoms. The summed E-state index contributed by atoms with van der Waals surface area (Å²) in [7, 11) is 1.63. The van der Waals surface area contributed by atoms with E-state index in [9.17, 15) is 9.59 Å². The Labute approximate surface area is 211 Å². The van der Waals surface area contributed by atoms with Crippen LogP contribution >= 0.6 is 15.9 Å². The van der Waals surface area contributed by atoms with Crippen LogP contribution in [0, 0.1) is 0 Å². The second-order valence-corrected chi connectivity index (χ2v) is 10.00. The highest BCUT2D eigenvalue weighted by Crippen LogP contribution is 2.42. The maximum Gasteiger partial charge on any atom is 0.246 e. The van der Waals surface area contributed by atoms with Gasteiger partial charge in [-0.05, 0) is 47.0 Å². The van der Waals surface area contributed by atoms with Crippen molar-refractivity contribution in [3.8, 4) is 5.75 Å². The van der Waals surface area contributed by atoms with Crippen molar-refractivity contribution in [3.63, 3.8) is 0 Å². The molecule has 0 bridgehead atoms. The molecule has 1 N–H and O–H groups in total. The number of amides is 2. The van der Waals surface area contributed by atoms with Crippen molar-refractivity contribution in [3.05, 3.63) is 99.7 Å². The molecule has 2 amide bonds. The summed E-state index contributed by atoms with van der Waals surface area (Å²) in [6, 6.07) is 22.9. The molecule has 6 nitrogen and oxygen atoms in total. The Balaban J connectivity index is 1.41. The minimum atomic E-state index is -0.546. The molecule has 6 rings (SSSR count). The first-order valence-corrected chi connectivity index (χ1v) is 12.4. The third-order valence-electron chi connectivity index (χ3n) is 7.06. The molecule has 1 saturated heterocycles. The third kappa shape index (κ3) is 3.71. The van der Waals surface area contributed by atoms with Crippen molar-refractivity contribution >= 4 is 38.6 Å². The van der Waals surface area contributed by atoms with Crippen LogP contribution in [0.1, 0.15) is 28.4 Å². The van der Waals surface area contributed by atoms with Gasteiger partial charge in [0, 0.05) is 34.0 Å². The van der Waals surface area contributed by atoms with Crippen LogP contribution in [0.5, 0.6) is 5.75 Å². The maximum atomic E-state index is 13.8. The zero-order valence-corrected chi connectivity index (χ0v) is 20.8. The van der Waals surface area contributed by atoms with Crippen molar-refractivity contribution in [2.24, 2.45) is 0 Å². The van der Waals surface area contributed by atoms with Crippen LogP contribution in [0.4, 0.5) is 0 Å². The monoisotopic (exact) mass is 529 g/mol. The van der Waals surface area contributed by atoms with Crippen LogP contribution in [0.25, 0.3) is 10.9 Å². The van der Waals surface area contributed by atoms with Crippen molar-refractivity contribution in [1.29, 1.82) is 0 Å². The quantitative estimate of drug-likeness (QED) is 0.412. The van der Waals surface area contributed by atoms with Gasteiger partial charge in [-0.2, -0.15) is 0 Å². The lowest BCUT2D eigenvalue weighted by Crippen LogP contribution is -2.62. The van der Waals surface area contributed by atoms with Gasteiger partial charge in [-0.1, -0.05) is 58.4 Å². The number of rotatable bonds is 4. The topological polar surface area (TPSA) is 65.6 Å². The summed E-state index contributed by atoms with van der Waals surface area (Å²) in [5, 5.41) is 1.11. The molecule has 176 valence electrons. The van der Waals surface area contributed by atoms with Crippen molar-refractivity contribution in [1.82, 2.24) is 14.8 Å². The SMILES string of the molecule is COc1ccc(CN2CC(=O)N3C(Cc4c([nH]c5ccccc45)C3c3ccc(Br)cc3)C2=O)cc1. The average molecular weight is 530 g/mol. The number of H-pyrrole nitrogens is 1. The zero-order valence-electron chi connectivity index (χ0n) is 19.2. The molecule has 0 radical (unpaired) electrons. The Bertz CT molecular complexity index is 1430. The predicted molar refractivity (Wildman–Crippen MR) is 137 cm³/mol. The summed E-state index contributed by atoms with van der Waals surface area (Å²) in [5.74, 6) is 0.705. The Kier molecular flexibility index (Phi) is 5.37. The van der Waals surface area contributed by atoms with E-state index in [1.807, 2.05) is 66.7 Å². The van der Waals surface area contributed by atoms with E-state index in [2.05, 4.69) is 27.0 Å². The highest BCUT2D eigenvalue weighted by molar-refractivity contribution is 9.10. The van der Waals surface area contributed by atoms with Crippen LogP contribution < -0.4 is 4.74 Å². The molecule has 3 aromatic carbocycles. The van der Waals surface area contributed by atoms with E-state index >= 15 is 0 Å². The Morgan fingerprint density at radius 1 is 1.00 bits per heavy atom. The number of piperazine rings is 1. The summed E-state index contributed by atoms with van der Waals surface area (Å²) in [6.45, 7) is 0.451. The van der Waals surface area contributed by atoms with Gasteiger partial charge in [0.2, 0.25) is 11.8 Å². The number of fused-ring (bicyclic) bond motifs is 4. The number of aromatic nitrogens is 1. The number of carbonyl (C=O) groups is 2. The van der Waals surface area contributed by atoms with Crippen molar-refractivity contribution in [2.75, 3.05) is 13.7 Å². The Morgan fingerprint density at radius 3 is 2.49 bits per heavy atom. The minimum Gasteiger partial charge on any atom is -0.497 e. The van der Waals surface area contributed by atoms with E-state index in [1.165, 1.54) is 0 Å². The lowest BCUT2D eigenvalue weighted by atomic mass is 9.86. The first-order chi connectivity index (χ1) is 17.0. The van der Waals surface area contributed by atoms with Crippen molar-refractivity contribution in [2.45, 2.75) is 25.0 Å². The molecule has 1 fully saturated rings. The maximum absolute atomic E-state index is 13.8. The number of benzene rings is 3. The molecule has 1 aromatic heterocycles. The van der Waals surface area contributed by atoms with Gasteiger partial charge in [0.05, 0.1) is 13.2 Å². The van der Waals surface area contributed by atoms with Gasteiger partial charge in [0.15, 0.2) is 0 Å². The van der Waals surface area contributed by atoms with E-state index in [-0.39, 0.29) is 24.4 Å². The second kappa shape index (κ2) is 8.57. The highest BCUT2D eigenvalue weighted by Gasteiger charge is 2.48. The summed E-state index contributed by atoms with van der Waals surface area (Å²) < 4.78 is 6.21. The number of halogens is 1. The smallest absolute Gasteiger partial charge is 0.246 e. The number of nitrogens with zero attached hydrogens (tertiary/aromatic N) is 2. The minimum absolute atomic E-state index is 0.0153. The lowest BCUT2D eigenvalue weighted by Gasteiger charge is -2.47. The molecule has 3 heterocycles. The number of ether oxygens (including phenoxy) is 1. The van der Waals surface area contributed by atoms with Gasteiger partial charge in [-0.3, -0.25) is 9.59 Å². The highest BCUT2D eigenvalue weighted by atomic mass is 79.9. The molecule has 0 aliphatic carbocycles. The van der Waals surface area contributed by atoms with Crippen LogP contribution in [0.2, 0.25) is 0 Å². The fraction of sp³-hybridized carbons (Fsp3) is 0.214. The summed E-state index contributed by atoms with van der Waals surface area (Å²) in [4.78, 5) is 34.5. The van der Waals surface area contributed by atoms with E-state index in [0.29, 0.717) is 13.0 Å². The standard InChI is InChI=1S/C28H24BrN3O3/c1-35-20-12-6-17(7-13-20)15-31-16-25(33)32-24(28(31)34)14-22-21-4-2-3-5-23(21)30-26(22)27(32)18-8-10-19(29)11-9-18/h2-13,24,27,30H,14-16H2,1H3. The molecule has 4 aromatic rings. The molecule has 2 unspecified atom stereocenters. The van der Waals surface area contributed by atoms with Crippen LogP contribution in [0.15, 0.2) is 77.3 Å². The van der Waals surface area contributed by atoms with E-state index in [4.69, 9.17) is 4.74 Å². The number of carbonyl (C=O) groups excluding carboxylic acids is 2. The lowest BCUT2D eigenvalue weighted by molar-refractivity contribution is -0.159. The van der Waals surface area contributed by atoms with Gasteiger partial charge in [0.1, 0.15) is 18.3 Å². The molecule has 2 aliphatic heterocycles. The number of aromatic amines is 1. The Morgan fingerprint density at radius 2 is 1.74 bits per heavy atom. The molecule has 2 atom stereocenters. The van der Waals surface area contributed by atoms with E-state index in [1.54, 1.807) is 16.9 Å². The summed E-state index contributed by atoms with van der Waals surface area (Å²) in [5.41, 5.74) is 5.08. The van der Waals surface area contributed by atoms with Gasteiger partial charge < -0.3 is 19.5 Å². The first-order valence-electron chi connectivity index (χ1n) is 11.6. The van der Waals surface area contributed by atoms with Crippen LogP contribution in [-0.4, -0.2) is 46.3 Å².